The Labute approximate surface area is 53.2 Å². The zero-order valence-electron chi connectivity index (χ0n) is 6.19. The Hall–Kier alpha value is 0.177. The maximum absolute atomic E-state index is 5.39. The van der Waals surface area contributed by atoms with Gasteiger partial charge in [0.2, 0.25) is 0 Å². The molecule has 0 N–H and O–H groups in total. The molecular formula is C6H15OSi. The van der Waals surface area contributed by atoms with Crippen molar-refractivity contribution in [2.24, 2.45) is 0 Å². The Bertz CT molecular complexity index is 56.0. The summed E-state index contributed by atoms with van der Waals surface area (Å²) in [6.07, 6.45) is 1.02. The van der Waals surface area contributed by atoms with E-state index in [0.717, 1.165) is 6.42 Å². The molecule has 0 aromatic heterocycles. The first kappa shape index (κ1) is 8.18. The lowest BCUT2D eigenvalue weighted by Crippen LogP contribution is -2.23. The molecule has 1 radical (unpaired) electrons. The summed E-state index contributed by atoms with van der Waals surface area (Å²) >= 11 is 0. The molecule has 49 valence electrons. The van der Waals surface area contributed by atoms with Gasteiger partial charge < -0.3 is 4.43 Å². The first-order valence-corrected chi connectivity index (χ1v) is 6.46. The van der Waals surface area contributed by atoms with E-state index in [1.54, 1.807) is 0 Å². The predicted molar refractivity (Wildman–Crippen MR) is 39.0 cm³/mol. The van der Waals surface area contributed by atoms with Crippen LogP contribution in [-0.4, -0.2) is 8.32 Å². The van der Waals surface area contributed by atoms with Crippen LogP contribution in [0.25, 0.3) is 0 Å². The summed E-state index contributed by atoms with van der Waals surface area (Å²) in [4.78, 5) is 0. The molecule has 0 spiro atoms. The van der Waals surface area contributed by atoms with Crippen LogP contribution in [0.4, 0.5) is 0 Å². The second-order valence-corrected chi connectivity index (χ2v) is 7.27. The van der Waals surface area contributed by atoms with Crippen LogP contribution in [0.3, 0.4) is 0 Å². The lowest BCUT2D eigenvalue weighted by Gasteiger charge is -2.14. The summed E-state index contributed by atoms with van der Waals surface area (Å²) in [5.41, 5.74) is 0. The molecule has 0 bridgehead atoms. The highest BCUT2D eigenvalue weighted by atomic mass is 28.4. The van der Waals surface area contributed by atoms with E-state index in [1.807, 2.05) is 6.61 Å². The highest BCUT2D eigenvalue weighted by molar-refractivity contribution is 6.69. The van der Waals surface area contributed by atoms with Gasteiger partial charge in [-0.1, -0.05) is 6.92 Å². The Morgan fingerprint density at radius 3 is 2.00 bits per heavy atom. The summed E-state index contributed by atoms with van der Waals surface area (Å²) in [6, 6.07) is 0. The quantitative estimate of drug-likeness (QED) is 0.534. The molecule has 0 heterocycles. The molecule has 2 heteroatoms. The zero-order valence-corrected chi connectivity index (χ0v) is 7.19. The van der Waals surface area contributed by atoms with Gasteiger partial charge in [0.1, 0.15) is 0 Å². The highest BCUT2D eigenvalue weighted by Crippen LogP contribution is 2.04. The van der Waals surface area contributed by atoms with Crippen LogP contribution in [0, 0.1) is 6.61 Å². The smallest absolute Gasteiger partial charge is 0.184 e. The number of hydrogen-bond acceptors (Lipinski definition) is 1. The predicted octanol–water partition coefficient (Wildman–Crippen LogP) is 2.41. The molecule has 0 atom stereocenters. The summed E-state index contributed by atoms with van der Waals surface area (Å²) < 4.78 is 5.39. The molecule has 8 heavy (non-hydrogen) atoms. The van der Waals surface area contributed by atoms with Gasteiger partial charge in [0.15, 0.2) is 8.32 Å². The molecule has 0 amide bonds. The van der Waals surface area contributed by atoms with E-state index < -0.39 is 8.32 Å². The van der Waals surface area contributed by atoms with Crippen molar-refractivity contribution in [2.45, 2.75) is 33.0 Å². The van der Waals surface area contributed by atoms with Crippen molar-refractivity contribution in [3.05, 3.63) is 6.61 Å². The zero-order chi connectivity index (χ0) is 6.62. The Balaban J connectivity index is 3.11. The molecular weight excluding hydrogens is 116 g/mol. The van der Waals surface area contributed by atoms with Gasteiger partial charge >= 0.3 is 0 Å². The van der Waals surface area contributed by atoms with E-state index in [2.05, 4.69) is 26.6 Å². The van der Waals surface area contributed by atoms with Crippen LogP contribution in [0.5, 0.6) is 0 Å². The summed E-state index contributed by atoms with van der Waals surface area (Å²) in [5.74, 6) is 0. The van der Waals surface area contributed by atoms with Gasteiger partial charge in [-0.15, -0.1) is 0 Å². The van der Waals surface area contributed by atoms with Gasteiger partial charge in [0, 0.05) is 0 Å². The van der Waals surface area contributed by atoms with E-state index in [9.17, 15) is 0 Å². The molecule has 0 aliphatic rings. The van der Waals surface area contributed by atoms with Gasteiger partial charge in [0.05, 0.1) is 6.61 Å². The Morgan fingerprint density at radius 1 is 1.38 bits per heavy atom. The molecule has 0 unspecified atom stereocenters. The molecule has 0 saturated heterocycles. The maximum Gasteiger partial charge on any atom is 0.184 e. The summed E-state index contributed by atoms with van der Waals surface area (Å²) in [7, 11) is -1.23. The molecule has 0 fully saturated rings. The van der Waals surface area contributed by atoms with Gasteiger partial charge in [0.25, 0.3) is 0 Å². The molecule has 1 nitrogen and oxygen atoms in total. The van der Waals surface area contributed by atoms with Gasteiger partial charge in [-0.3, -0.25) is 0 Å². The standard InChI is InChI=1S/C6H15OSi/c1-5-6-7-8(2,3)4/h6H,5H2,1-4H3. The molecule has 0 saturated carbocycles. The third kappa shape index (κ3) is 6.18. The largest absolute Gasteiger partial charge is 0.412 e. The van der Waals surface area contributed by atoms with E-state index >= 15 is 0 Å². The normalized spacial score (nSPS) is 12.0. The minimum Gasteiger partial charge on any atom is -0.412 e. The Morgan fingerprint density at radius 2 is 1.88 bits per heavy atom. The van der Waals surface area contributed by atoms with E-state index in [-0.39, 0.29) is 0 Å². The first-order chi connectivity index (χ1) is 3.56. The van der Waals surface area contributed by atoms with Crippen molar-refractivity contribution < 1.29 is 4.43 Å². The third-order valence-corrected chi connectivity index (χ3v) is 1.48. The van der Waals surface area contributed by atoms with Gasteiger partial charge in [-0.2, -0.15) is 0 Å². The van der Waals surface area contributed by atoms with E-state index in [4.69, 9.17) is 4.43 Å². The van der Waals surface area contributed by atoms with Crippen LogP contribution in [-0.2, 0) is 4.43 Å². The fraction of sp³-hybridized carbons (Fsp3) is 0.833. The van der Waals surface area contributed by atoms with Crippen molar-refractivity contribution in [1.82, 2.24) is 0 Å². The van der Waals surface area contributed by atoms with Crippen LogP contribution < -0.4 is 0 Å². The minimum atomic E-state index is -1.23. The van der Waals surface area contributed by atoms with Gasteiger partial charge in [-0.05, 0) is 26.1 Å². The molecule has 0 aromatic carbocycles. The van der Waals surface area contributed by atoms with Crippen molar-refractivity contribution in [3.8, 4) is 0 Å². The summed E-state index contributed by atoms with van der Waals surface area (Å²) in [6.45, 7) is 10.5. The lowest BCUT2D eigenvalue weighted by molar-refractivity contribution is 0.393. The average Bonchev–Trinajstić information content (AvgIpc) is 1.59. The average molecular weight is 131 g/mol. The number of rotatable bonds is 3. The van der Waals surface area contributed by atoms with Crippen molar-refractivity contribution in [1.29, 1.82) is 0 Å². The van der Waals surface area contributed by atoms with Crippen LogP contribution >= 0.6 is 0 Å². The van der Waals surface area contributed by atoms with Crippen molar-refractivity contribution in [2.75, 3.05) is 0 Å². The van der Waals surface area contributed by atoms with E-state index in [0.29, 0.717) is 0 Å². The SMILES string of the molecule is CC[CH]O[Si](C)(C)C. The molecule has 0 aliphatic heterocycles. The molecule has 0 aromatic rings. The molecule has 0 rings (SSSR count). The van der Waals surface area contributed by atoms with Crippen LogP contribution in [0.2, 0.25) is 19.6 Å². The lowest BCUT2D eigenvalue weighted by atomic mass is 10.5. The van der Waals surface area contributed by atoms with E-state index in [1.165, 1.54) is 0 Å². The number of hydrogen-bond donors (Lipinski definition) is 0. The van der Waals surface area contributed by atoms with Crippen molar-refractivity contribution in [3.63, 3.8) is 0 Å². The topological polar surface area (TPSA) is 9.23 Å². The van der Waals surface area contributed by atoms with Gasteiger partial charge in [-0.25, -0.2) is 0 Å². The fourth-order valence-electron chi connectivity index (χ4n) is 0.333. The van der Waals surface area contributed by atoms with Crippen LogP contribution in [0.1, 0.15) is 13.3 Å². The minimum absolute atomic E-state index is 1.02. The maximum atomic E-state index is 5.39. The summed E-state index contributed by atoms with van der Waals surface area (Å²) in [5, 5.41) is 0. The van der Waals surface area contributed by atoms with Crippen molar-refractivity contribution >= 4 is 8.32 Å². The Kier molecular flexibility index (Phi) is 3.32. The second-order valence-electron chi connectivity index (χ2n) is 2.81. The monoisotopic (exact) mass is 131 g/mol. The third-order valence-electron chi connectivity index (χ3n) is 0.604. The second kappa shape index (κ2) is 3.25. The first-order valence-electron chi connectivity index (χ1n) is 3.06. The fourth-order valence-corrected chi connectivity index (χ4v) is 1.00. The molecule has 0 aliphatic carbocycles. The highest BCUT2D eigenvalue weighted by Gasteiger charge is 2.12. The van der Waals surface area contributed by atoms with Crippen LogP contribution in [0.15, 0.2) is 0 Å².